The van der Waals surface area contributed by atoms with Gasteiger partial charge in [0.05, 0.1) is 0 Å². The van der Waals surface area contributed by atoms with Crippen LogP contribution in [0, 0.1) is 0 Å². The number of thiophene rings is 1. The molecule has 1 aromatic heterocycles. The molecule has 20 heavy (non-hydrogen) atoms. The molecule has 1 aliphatic rings. The molecule has 0 amide bonds. The van der Waals surface area contributed by atoms with Gasteiger partial charge in [-0.2, -0.15) is 0 Å². The molecule has 2 aromatic rings. The Kier molecular flexibility index (Phi) is 4.25. The van der Waals surface area contributed by atoms with Gasteiger partial charge in [0.1, 0.15) is 0 Å². The number of rotatable bonds is 5. The molecule has 104 valence electrons. The third-order valence-corrected chi connectivity index (χ3v) is 4.72. The smallest absolute Gasteiger partial charge is 0.0406 e. The average molecular weight is 304 g/mol. The predicted octanol–water partition coefficient (Wildman–Crippen LogP) is 5.22. The predicted molar refractivity (Wildman–Crippen MR) is 89.4 cm³/mol. The van der Waals surface area contributed by atoms with Gasteiger partial charge in [0.15, 0.2) is 0 Å². The average Bonchev–Trinajstić information content (AvgIpc) is 3.16. The SMILES string of the molecule is CC(=Cc1ccc(-c2ccc(Cl)cc2)s1)CNC1CC1. The Morgan fingerprint density at radius 3 is 2.70 bits per heavy atom. The summed E-state index contributed by atoms with van der Waals surface area (Å²) in [6.07, 6.45) is 4.96. The minimum Gasteiger partial charge on any atom is -0.310 e. The van der Waals surface area contributed by atoms with Gasteiger partial charge in [0.25, 0.3) is 0 Å². The van der Waals surface area contributed by atoms with Gasteiger partial charge in [-0.3, -0.25) is 0 Å². The topological polar surface area (TPSA) is 12.0 Å². The molecule has 0 spiro atoms. The monoisotopic (exact) mass is 303 g/mol. The highest BCUT2D eigenvalue weighted by Gasteiger charge is 2.19. The fraction of sp³-hybridized carbons (Fsp3) is 0.294. The second-order valence-corrected chi connectivity index (χ2v) is 6.91. The molecule has 0 aliphatic heterocycles. The molecule has 0 saturated heterocycles. The van der Waals surface area contributed by atoms with Crippen LogP contribution in [0.2, 0.25) is 5.02 Å². The molecule has 0 radical (unpaired) electrons. The lowest BCUT2D eigenvalue weighted by atomic mass is 10.2. The van der Waals surface area contributed by atoms with Crippen LogP contribution in [-0.2, 0) is 0 Å². The summed E-state index contributed by atoms with van der Waals surface area (Å²) < 4.78 is 0. The fourth-order valence-electron chi connectivity index (χ4n) is 2.09. The van der Waals surface area contributed by atoms with Crippen molar-refractivity contribution in [2.24, 2.45) is 0 Å². The van der Waals surface area contributed by atoms with E-state index in [1.807, 2.05) is 23.5 Å². The van der Waals surface area contributed by atoms with Crippen LogP contribution in [0.15, 0.2) is 42.0 Å². The highest BCUT2D eigenvalue weighted by atomic mass is 35.5. The van der Waals surface area contributed by atoms with Gasteiger partial charge < -0.3 is 5.32 Å². The van der Waals surface area contributed by atoms with Crippen molar-refractivity contribution in [2.75, 3.05) is 6.54 Å². The molecule has 1 heterocycles. The highest BCUT2D eigenvalue weighted by molar-refractivity contribution is 7.16. The quantitative estimate of drug-likeness (QED) is 0.798. The Morgan fingerprint density at radius 2 is 2.00 bits per heavy atom. The van der Waals surface area contributed by atoms with E-state index in [1.165, 1.54) is 33.7 Å². The summed E-state index contributed by atoms with van der Waals surface area (Å²) in [7, 11) is 0. The lowest BCUT2D eigenvalue weighted by molar-refractivity contribution is 0.736. The van der Waals surface area contributed by atoms with Gasteiger partial charge in [-0.05, 0) is 55.7 Å². The van der Waals surface area contributed by atoms with E-state index in [0.29, 0.717) is 0 Å². The van der Waals surface area contributed by atoms with Crippen LogP contribution in [0.4, 0.5) is 0 Å². The Bertz CT molecular complexity index is 608. The molecule has 1 saturated carbocycles. The molecule has 0 atom stereocenters. The molecule has 1 aliphatic carbocycles. The van der Waals surface area contributed by atoms with Gasteiger partial charge in [0, 0.05) is 27.4 Å². The largest absolute Gasteiger partial charge is 0.310 e. The van der Waals surface area contributed by atoms with Crippen LogP contribution >= 0.6 is 22.9 Å². The maximum Gasteiger partial charge on any atom is 0.0406 e. The summed E-state index contributed by atoms with van der Waals surface area (Å²) in [6.45, 7) is 3.19. The summed E-state index contributed by atoms with van der Waals surface area (Å²) in [5.41, 5.74) is 2.62. The zero-order chi connectivity index (χ0) is 13.9. The standard InChI is InChI=1S/C17H18ClNS/c1-12(11-19-15-6-7-15)10-16-8-9-17(20-16)13-2-4-14(18)5-3-13/h2-5,8-10,15,19H,6-7,11H2,1H3. The first-order chi connectivity index (χ1) is 9.70. The molecular weight excluding hydrogens is 286 g/mol. The van der Waals surface area contributed by atoms with Crippen molar-refractivity contribution in [1.82, 2.24) is 5.32 Å². The Hall–Kier alpha value is -1.09. The molecule has 3 rings (SSSR count). The van der Waals surface area contributed by atoms with Crippen molar-refractivity contribution in [3.05, 3.63) is 51.9 Å². The van der Waals surface area contributed by atoms with Crippen molar-refractivity contribution < 1.29 is 0 Å². The summed E-state index contributed by atoms with van der Waals surface area (Å²) >= 11 is 7.75. The van der Waals surface area contributed by atoms with Crippen LogP contribution in [0.5, 0.6) is 0 Å². The highest BCUT2D eigenvalue weighted by Crippen LogP contribution is 2.30. The van der Waals surface area contributed by atoms with Crippen LogP contribution in [0.1, 0.15) is 24.6 Å². The van der Waals surface area contributed by atoms with E-state index < -0.39 is 0 Å². The minimum absolute atomic E-state index is 0.770. The molecule has 1 nitrogen and oxygen atoms in total. The summed E-state index contributed by atoms with van der Waals surface area (Å²) in [5, 5.41) is 4.33. The van der Waals surface area contributed by atoms with Crippen molar-refractivity contribution in [1.29, 1.82) is 0 Å². The number of benzene rings is 1. The molecule has 1 aromatic carbocycles. The van der Waals surface area contributed by atoms with Crippen LogP contribution in [0.3, 0.4) is 0 Å². The second kappa shape index (κ2) is 6.13. The van der Waals surface area contributed by atoms with Gasteiger partial charge >= 0.3 is 0 Å². The second-order valence-electron chi connectivity index (χ2n) is 5.35. The summed E-state index contributed by atoms with van der Waals surface area (Å²) in [5.74, 6) is 0. The summed E-state index contributed by atoms with van der Waals surface area (Å²) in [4.78, 5) is 2.60. The number of hydrogen-bond acceptors (Lipinski definition) is 2. The molecule has 1 N–H and O–H groups in total. The minimum atomic E-state index is 0.770. The maximum absolute atomic E-state index is 5.93. The lowest BCUT2D eigenvalue weighted by Gasteiger charge is -2.01. The normalized spacial score (nSPS) is 15.6. The Balaban J connectivity index is 1.69. The zero-order valence-electron chi connectivity index (χ0n) is 11.5. The number of hydrogen-bond donors (Lipinski definition) is 1. The first kappa shape index (κ1) is 13.9. The van der Waals surface area contributed by atoms with Crippen molar-refractivity contribution in [3.8, 4) is 10.4 Å². The maximum atomic E-state index is 5.93. The van der Waals surface area contributed by atoms with Crippen molar-refractivity contribution in [3.63, 3.8) is 0 Å². The van der Waals surface area contributed by atoms with Gasteiger partial charge in [-0.25, -0.2) is 0 Å². The van der Waals surface area contributed by atoms with E-state index in [1.54, 1.807) is 0 Å². The number of nitrogens with one attached hydrogen (secondary N) is 1. The summed E-state index contributed by atoms with van der Waals surface area (Å²) in [6, 6.07) is 13.2. The van der Waals surface area contributed by atoms with Gasteiger partial charge in [-0.15, -0.1) is 11.3 Å². The van der Waals surface area contributed by atoms with E-state index in [9.17, 15) is 0 Å². The Labute approximate surface area is 129 Å². The van der Waals surface area contributed by atoms with Crippen LogP contribution in [0.25, 0.3) is 16.5 Å². The third kappa shape index (κ3) is 3.72. The van der Waals surface area contributed by atoms with E-state index in [4.69, 9.17) is 11.6 Å². The van der Waals surface area contributed by atoms with E-state index in [-0.39, 0.29) is 0 Å². The number of halogens is 1. The third-order valence-electron chi connectivity index (χ3n) is 3.39. The fourth-order valence-corrected chi connectivity index (χ4v) is 3.25. The first-order valence-electron chi connectivity index (χ1n) is 6.97. The van der Waals surface area contributed by atoms with Crippen molar-refractivity contribution >= 4 is 29.0 Å². The van der Waals surface area contributed by atoms with E-state index in [0.717, 1.165) is 17.6 Å². The Morgan fingerprint density at radius 1 is 1.25 bits per heavy atom. The lowest BCUT2D eigenvalue weighted by Crippen LogP contribution is -2.18. The van der Waals surface area contributed by atoms with Gasteiger partial charge in [0.2, 0.25) is 0 Å². The van der Waals surface area contributed by atoms with Crippen LogP contribution in [-0.4, -0.2) is 12.6 Å². The zero-order valence-corrected chi connectivity index (χ0v) is 13.1. The van der Waals surface area contributed by atoms with E-state index >= 15 is 0 Å². The van der Waals surface area contributed by atoms with Gasteiger partial charge in [-0.1, -0.05) is 29.3 Å². The first-order valence-corrected chi connectivity index (χ1v) is 8.16. The molecule has 0 bridgehead atoms. The molecule has 3 heteroatoms. The van der Waals surface area contributed by atoms with E-state index in [2.05, 4.69) is 42.6 Å². The molecular formula is C17H18ClNS. The van der Waals surface area contributed by atoms with Crippen LogP contribution < -0.4 is 5.32 Å². The molecule has 1 fully saturated rings. The van der Waals surface area contributed by atoms with Crippen molar-refractivity contribution in [2.45, 2.75) is 25.8 Å². The molecule has 0 unspecified atom stereocenters.